The van der Waals surface area contributed by atoms with Gasteiger partial charge in [-0.15, -0.1) is 0 Å². The molecule has 1 rings (SSSR count). The zero-order valence-electron chi connectivity index (χ0n) is 6.47. The maximum atomic E-state index is 10.5. The molecule has 0 bridgehead atoms. The van der Waals surface area contributed by atoms with E-state index in [1.54, 1.807) is 0 Å². The van der Waals surface area contributed by atoms with Crippen molar-refractivity contribution in [3.8, 4) is 0 Å². The molecule has 0 fully saturated rings. The van der Waals surface area contributed by atoms with Crippen LogP contribution in [0.1, 0.15) is 16.2 Å². The Kier molecular flexibility index (Phi) is 2.53. The minimum absolute atomic E-state index is 0.0394. The Morgan fingerprint density at radius 3 is 2.38 bits per heavy atom. The van der Waals surface area contributed by atoms with Gasteiger partial charge in [-0.3, -0.25) is 9.78 Å². The first kappa shape index (κ1) is 9.11. The predicted octanol–water partition coefficient (Wildman–Crippen LogP) is -0.198. The van der Waals surface area contributed by atoms with E-state index >= 15 is 0 Å². The summed E-state index contributed by atoms with van der Waals surface area (Å²) in [4.78, 5) is 27.9. The molecule has 0 aromatic carbocycles. The molecule has 0 saturated carbocycles. The van der Waals surface area contributed by atoms with E-state index in [-0.39, 0.29) is 11.4 Å². The summed E-state index contributed by atoms with van der Waals surface area (Å²) in [6.07, 6.45) is 2.02. The molecule has 0 atom stereocenters. The number of rotatable bonds is 3. The van der Waals surface area contributed by atoms with Crippen LogP contribution >= 0.6 is 0 Å². The number of aromatic carboxylic acids is 1. The van der Waals surface area contributed by atoms with Gasteiger partial charge in [0, 0.05) is 12.4 Å². The van der Waals surface area contributed by atoms with Crippen LogP contribution in [0.15, 0.2) is 12.4 Å². The lowest BCUT2D eigenvalue weighted by molar-refractivity contribution is -0.136. The average Bonchev–Trinajstić information content (AvgIpc) is 2.03. The fourth-order valence-corrected chi connectivity index (χ4v) is 0.818. The Morgan fingerprint density at radius 2 is 1.85 bits per heavy atom. The van der Waals surface area contributed by atoms with E-state index in [1.807, 2.05) is 0 Å². The third kappa shape index (κ3) is 2.22. The molecular formula is C7H6N2O4. The number of hydrogen-bond acceptors (Lipinski definition) is 4. The summed E-state index contributed by atoms with van der Waals surface area (Å²) in [5.74, 6) is -2.41. The number of hydrogen-bond donors (Lipinski definition) is 2. The molecule has 0 saturated heterocycles. The van der Waals surface area contributed by atoms with Crippen LogP contribution in [0.3, 0.4) is 0 Å². The summed E-state index contributed by atoms with van der Waals surface area (Å²) in [7, 11) is 0. The summed E-state index contributed by atoms with van der Waals surface area (Å²) < 4.78 is 0. The normalized spacial score (nSPS) is 9.54. The second-order valence-corrected chi connectivity index (χ2v) is 2.23. The lowest BCUT2D eigenvalue weighted by Gasteiger charge is -1.99. The predicted molar refractivity (Wildman–Crippen MR) is 40.3 cm³/mol. The van der Waals surface area contributed by atoms with Crippen LogP contribution in [-0.2, 0) is 11.2 Å². The fraction of sp³-hybridized carbons (Fsp3) is 0.143. The van der Waals surface area contributed by atoms with Gasteiger partial charge in [0.2, 0.25) is 0 Å². The Balaban J connectivity index is 3.04. The lowest BCUT2D eigenvalue weighted by Crippen LogP contribution is -2.11. The van der Waals surface area contributed by atoms with Crippen molar-refractivity contribution in [1.82, 2.24) is 9.97 Å². The third-order valence-corrected chi connectivity index (χ3v) is 1.30. The zero-order chi connectivity index (χ0) is 9.84. The maximum absolute atomic E-state index is 10.5. The number of carboxylic acids is 2. The van der Waals surface area contributed by atoms with Gasteiger partial charge in [0.1, 0.15) is 0 Å². The lowest BCUT2D eigenvalue weighted by atomic mass is 10.2. The molecule has 1 heterocycles. The maximum Gasteiger partial charge on any atom is 0.356 e. The second kappa shape index (κ2) is 3.61. The monoisotopic (exact) mass is 182 g/mol. The molecule has 68 valence electrons. The third-order valence-electron chi connectivity index (χ3n) is 1.30. The van der Waals surface area contributed by atoms with Crippen molar-refractivity contribution in [2.45, 2.75) is 6.42 Å². The van der Waals surface area contributed by atoms with Crippen molar-refractivity contribution >= 4 is 11.9 Å². The molecule has 0 aliphatic carbocycles. The van der Waals surface area contributed by atoms with E-state index < -0.39 is 18.4 Å². The zero-order valence-corrected chi connectivity index (χ0v) is 6.47. The highest BCUT2D eigenvalue weighted by Gasteiger charge is 2.14. The van der Waals surface area contributed by atoms with Gasteiger partial charge in [-0.1, -0.05) is 0 Å². The number of aliphatic carboxylic acids is 1. The quantitative estimate of drug-likeness (QED) is 0.671. The number of carbonyl (C=O) groups is 2. The minimum Gasteiger partial charge on any atom is -0.481 e. The highest BCUT2D eigenvalue weighted by Crippen LogP contribution is 2.02. The molecule has 0 radical (unpaired) electrons. The van der Waals surface area contributed by atoms with Crippen LogP contribution in [0.4, 0.5) is 0 Å². The Labute approximate surface area is 72.9 Å². The first-order chi connectivity index (χ1) is 6.11. The molecule has 13 heavy (non-hydrogen) atoms. The summed E-state index contributed by atoms with van der Waals surface area (Å²) in [5, 5.41) is 17.0. The first-order valence-electron chi connectivity index (χ1n) is 3.36. The van der Waals surface area contributed by atoms with E-state index in [9.17, 15) is 9.59 Å². The van der Waals surface area contributed by atoms with Crippen molar-refractivity contribution in [1.29, 1.82) is 0 Å². The van der Waals surface area contributed by atoms with E-state index in [2.05, 4.69) is 9.97 Å². The standard InChI is InChI=1S/C7H6N2O4/c10-5(11)3-4-6(7(12)13)9-2-1-8-4/h1-2H,3H2,(H,10,11)(H,12,13). The van der Waals surface area contributed by atoms with Crippen molar-refractivity contribution < 1.29 is 19.8 Å². The molecule has 0 unspecified atom stereocenters. The molecule has 0 aliphatic rings. The van der Waals surface area contributed by atoms with Crippen LogP contribution in [0.2, 0.25) is 0 Å². The Bertz CT molecular complexity index is 350. The van der Waals surface area contributed by atoms with Crippen LogP contribution in [0, 0.1) is 0 Å². The summed E-state index contributed by atoms with van der Waals surface area (Å²) in [6.45, 7) is 0. The van der Waals surface area contributed by atoms with Crippen molar-refractivity contribution in [2.75, 3.05) is 0 Å². The van der Waals surface area contributed by atoms with E-state index in [1.165, 1.54) is 12.4 Å². The Hall–Kier alpha value is -1.98. The topological polar surface area (TPSA) is 100 Å². The van der Waals surface area contributed by atoms with Crippen LogP contribution in [0.5, 0.6) is 0 Å². The van der Waals surface area contributed by atoms with Gasteiger partial charge in [-0.2, -0.15) is 0 Å². The van der Waals surface area contributed by atoms with Crippen molar-refractivity contribution in [2.24, 2.45) is 0 Å². The van der Waals surface area contributed by atoms with Gasteiger partial charge in [0.25, 0.3) is 0 Å². The van der Waals surface area contributed by atoms with Crippen molar-refractivity contribution in [3.05, 3.63) is 23.8 Å². The minimum atomic E-state index is -1.27. The number of aromatic nitrogens is 2. The van der Waals surface area contributed by atoms with Crippen LogP contribution in [-0.4, -0.2) is 32.1 Å². The van der Waals surface area contributed by atoms with E-state index in [0.29, 0.717) is 0 Å². The molecule has 0 spiro atoms. The SMILES string of the molecule is O=C(O)Cc1nccnc1C(=O)O. The molecule has 1 aromatic rings. The van der Waals surface area contributed by atoms with Crippen LogP contribution < -0.4 is 0 Å². The second-order valence-electron chi connectivity index (χ2n) is 2.23. The summed E-state index contributed by atoms with van der Waals surface area (Å²) in [6, 6.07) is 0. The molecule has 1 aromatic heterocycles. The molecule has 6 heteroatoms. The smallest absolute Gasteiger partial charge is 0.356 e. The number of carboxylic acid groups (broad SMARTS) is 2. The van der Waals surface area contributed by atoms with Crippen LogP contribution in [0.25, 0.3) is 0 Å². The average molecular weight is 182 g/mol. The Morgan fingerprint density at radius 1 is 1.23 bits per heavy atom. The van der Waals surface area contributed by atoms with Gasteiger partial charge in [-0.25, -0.2) is 9.78 Å². The van der Waals surface area contributed by atoms with Gasteiger partial charge >= 0.3 is 11.9 Å². The highest BCUT2D eigenvalue weighted by molar-refractivity contribution is 5.87. The largest absolute Gasteiger partial charge is 0.481 e. The summed E-state index contributed by atoms with van der Waals surface area (Å²) in [5.41, 5.74) is -0.354. The van der Waals surface area contributed by atoms with E-state index in [4.69, 9.17) is 10.2 Å². The molecule has 0 aliphatic heterocycles. The summed E-state index contributed by atoms with van der Waals surface area (Å²) >= 11 is 0. The molecule has 2 N–H and O–H groups in total. The molecule has 0 amide bonds. The van der Waals surface area contributed by atoms with Gasteiger partial charge in [-0.05, 0) is 0 Å². The van der Waals surface area contributed by atoms with Gasteiger partial charge in [0.15, 0.2) is 5.69 Å². The van der Waals surface area contributed by atoms with Crippen molar-refractivity contribution in [3.63, 3.8) is 0 Å². The first-order valence-corrected chi connectivity index (χ1v) is 3.36. The molecule has 6 nitrogen and oxygen atoms in total. The fourth-order valence-electron chi connectivity index (χ4n) is 0.818. The molecular weight excluding hydrogens is 176 g/mol. The van der Waals surface area contributed by atoms with E-state index in [0.717, 1.165) is 0 Å². The number of nitrogens with zero attached hydrogens (tertiary/aromatic N) is 2. The van der Waals surface area contributed by atoms with Gasteiger partial charge in [0.05, 0.1) is 12.1 Å². The van der Waals surface area contributed by atoms with Gasteiger partial charge < -0.3 is 10.2 Å². The highest BCUT2D eigenvalue weighted by atomic mass is 16.4.